The van der Waals surface area contributed by atoms with Gasteiger partial charge in [0.05, 0.1) is 11.7 Å². The van der Waals surface area contributed by atoms with Crippen molar-refractivity contribution in [2.75, 3.05) is 5.75 Å². The van der Waals surface area contributed by atoms with Crippen molar-refractivity contribution in [2.45, 2.75) is 37.2 Å². The van der Waals surface area contributed by atoms with E-state index < -0.39 is 35.2 Å². The Labute approximate surface area is 143 Å². The average Bonchev–Trinajstić information content (AvgIpc) is 2.59. The van der Waals surface area contributed by atoms with Gasteiger partial charge >= 0.3 is 0 Å². The van der Waals surface area contributed by atoms with Crippen molar-refractivity contribution in [3.8, 4) is 0 Å². The highest BCUT2D eigenvalue weighted by Gasteiger charge is 2.52. The number of hydrogen-bond donors (Lipinski definition) is 2. The van der Waals surface area contributed by atoms with Crippen LogP contribution in [0.2, 0.25) is 0 Å². The van der Waals surface area contributed by atoms with Crippen molar-refractivity contribution in [3.63, 3.8) is 0 Å². The summed E-state index contributed by atoms with van der Waals surface area (Å²) in [5.41, 5.74) is 7.29. The van der Waals surface area contributed by atoms with Crippen molar-refractivity contribution < 1.29 is 19.5 Å². The first-order valence-electron chi connectivity index (χ1n) is 7.67. The van der Waals surface area contributed by atoms with E-state index in [2.05, 4.69) is 5.32 Å². The van der Waals surface area contributed by atoms with Crippen LogP contribution >= 0.6 is 11.8 Å². The van der Waals surface area contributed by atoms with Crippen LogP contribution < -0.4 is 16.2 Å². The van der Waals surface area contributed by atoms with Crippen LogP contribution in [-0.4, -0.2) is 45.9 Å². The lowest BCUT2D eigenvalue weighted by Gasteiger charge is -2.50. The number of carboxylic acids is 1. The molecule has 3 aliphatic rings. The quantitative estimate of drug-likeness (QED) is 0.498. The Morgan fingerprint density at radius 3 is 2.83 bits per heavy atom. The third-order valence-corrected chi connectivity index (χ3v) is 5.79. The SMILES string of the molecule is CC1=C(C(=O)[O-])N2C(=O)[C@@H](NC(=O)[C@H](N)C3=CCC=CC3)[C@H]2SC1. The molecule has 2 amide bonds. The molecule has 0 aromatic heterocycles. The van der Waals surface area contributed by atoms with E-state index in [4.69, 9.17) is 5.73 Å². The Hall–Kier alpha value is -2.06. The highest BCUT2D eigenvalue weighted by Crippen LogP contribution is 2.39. The first kappa shape index (κ1) is 16.8. The molecule has 1 fully saturated rings. The topological polar surface area (TPSA) is 116 Å². The molecule has 0 aromatic carbocycles. The number of fused-ring (bicyclic) bond motifs is 1. The smallest absolute Gasteiger partial charge is 0.253 e. The summed E-state index contributed by atoms with van der Waals surface area (Å²) in [5.74, 6) is -1.75. The van der Waals surface area contributed by atoms with Crippen LogP contribution in [0.1, 0.15) is 19.8 Å². The van der Waals surface area contributed by atoms with Crippen LogP contribution in [0.4, 0.5) is 0 Å². The number of nitrogens with one attached hydrogen (secondary N) is 1. The van der Waals surface area contributed by atoms with Crippen molar-refractivity contribution in [1.82, 2.24) is 10.2 Å². The van der Waals surface area contributed by atoms with Gasteiger partial charge in [0.15, 0.2) is 0 Å². The summed E-state index contributed by atoms with van der Waals surface area (Å²) in [6.07, 6.45) is 7.22. The number of carboxylic acid groups (broad SMARTS) is 1. The molecule has 0 saturated carbocycles. The molecule has 3 atom stereocenters. The largest absolute Gasteiger partial charge is 0.543 e. The van der Waals surface area contributed by atoms with Gasteiger partial charge in [-0.2, -0.15) is 0 Å². The van der Waals surface area contributed by atoms with Gasteiger partial charge in [-0.25, -0.2) is 0 Å². The summed E-state index contributed by atoms with van der Waals surface area (Å²) in [4.78, 5) is 37.1. The van der Waals surface area contributed by atoms with Crippen LogP contribution in [0, 0.1) is 0 Å². The van der Waals surface area contributed by atoms with Gasteiger partial charge in [0, 0.05) is 5.75 Å². The van der Waals surface area contributed by atoms with Gasteiger partial charge in [-0.05, 0) is 30.9 Å². The zero-order valence-corrected chi connectivity index (χ0v) is 14.0. The van der Waals surface area contributed by atoms with Crippen molar-refractivity contribution in [2.24, 2.45) is 5.73 Å². The minimum Gasteiger partial charge on any atom is -0.543 e. The number of aliphatic carboxylic acids is 1. The van der Waals surface area contributed by atoms with E-state index in [0.717, 1.165) is 12.0 Å². The number of nitrogens with zero attached hydrogens (tertiary/aromatic N) is 1. The summed E-state index contributed by atoms with van der Waals surface area (Å²) in [7, 11) is 0. The molecule has 3 N–H and O–H groups in total. The molecule has 0 radical (unpaired) electrons. The molecule has 8 heteroatoms. The van der Waals surface area contributed by atoms with Gasteiger partial charge in [0.25, 0.3) is 5.91 Å². The number of rotatable bonds is 4. The predicted molar refractivity (Wildman–Crippen MR) is 87.2 cm³/mol. The number of allylic oxidation sites excluding steroid dienone is 3. The van der Waals surface area contributed by atoms with Crippen molar-refractivity contribution in [3.05, 3.63) is 35.1 Å². The van der Waals surface area contributed by atoms with Gasteiger partial charge in [0.2, 0.25) is 5.91 Å². The highest BCUT2D eigenvalue weighted by atomic mass is 32.2. The minimum atomic E-state index is -1.37. The molecule has 0 bridgehead atoms. The fraction of sp³-hybridized carbons (Fsp3) is 0.438. The van der Waals surface area contributed by atoms with Crippen LogP contribution in [0.25, 0.3) is 0 Å². The summed E-state index contributed by atoms with van der Waals surface area (Å²) in [6, 6.07) is -1.56. The van der Waals surface area contributed by atoms with E-state index in [1.165, 1.54) is 16.7 Å². The molecule has 0 unspecified atom stereocenters. The first-order valence-corrected chi connectivity index (χ1v) is 8.72. The fourth-order valence-corrected chi connectivity index (χ4v) is 4.34. The zero-order chi connectivity index (χ0) is 17.4. The third kappa shape index (κ3) is 2.76. The minimum absolute atomic E-state index is 0.0846. The Morgan fingerprint density at radius 2 is 2.21 bits per heavy atom. The summed E-state index contributed by atoms with van der Waals surface area (Å²) in [5, 5.41) is 13.5. The standard InChI is InChI=1S/C16H19N3O4S/c1-8-7-24-15-11(14(21)19(15)12(8)16(22)23)18-13(20)10(17)9-5-3-2-4-6-9/h2-3,6,10-11,15H,4-5,7,17H2,1H3,(H,18,20)(H,22,23)/p-1/t10-,11-,15-/m1/s1. The van der Waals surface area contributed by atoms with Crippen LogP contribution in [-0.2, 0) is 14.4 Å². The van der Waals surface area contributed by atoms with Gasteiger partial charge in [-0.3, -0.25) is 14.5 Å². The Balaban J connectivity index is 1.68. The van der Waals surface area contributed by atoms with Gasteiger partial charge in [0.1, 0.15) is 17.5 Å². The van der Waals surface area contributed by atoms with E-state index >= 15 is 0 Å². The molecule has 7 nitrogen and oxygen atoms in total. The zero-order valence-electron chi connectivity index (χ0n) is 13.2. The van der Waals surface area contributed by atoms with Crippen LogP contribution in [0.3, 0.4) is 0 Å². The normalized spacial score (nSPS) is 27.2. The lowest BCUT2D eigenvalue weighted by Crippen LogP contribution is -2.72. The van der Waals surface area contributed by atoms with E-state index in [0.29, 0.717) is 17.7 Å². The molecule has 24 heavy (non-hydrogen) atoms. The molecule has 1 aliphatic carbocycles. The molecule has 2 aliphatic heterocycles. The van der Waals surface area contributed by atoms with Crippen molar-refractivity contribution >= 4 is 29.5 Å². The number of β-lactam (4-membered cyclic amide) rings is 1. The lowest BCUT2D eigenvalue weighted by atomic mass is 9.97. The molecular weight excluding hydrogens is 330 g/mol. The van der Waals surface area contributed by atoms with E-state index in [1.54, 1.807) is 6.92 Å². The molecule has 3 rings (SSSR count). The van der Waals surface area contributed by atoms with E-state index in [1.807, 2.05) is 18.2 Å². The van der Waals surface area contributed by atoms with E-state index in [9.17, 15) is 19.5 Å². The van der Waals surface area contributed by atoms with Gasteiger partial charge in [-0.1, -0.05) is 18.2 Å². The molecule has 1 saturated heterocycles. The van der Waals surface area contributed by atoms with Crippen LogP contribution in [0.15, 0.2) is 35.1 Å². The summed E-state index contributed by atoms with van der Waals surface area (Å²) < 4.78 is 0. The molecular formula is C16H18N3O4S-. The van der Waals surface area contributed by atoms with Gasteiger partial charge in [-0.15, -0.1) is 11.8 Å². The fourth-order valence-electron chi connectivity index (χ4n) is 3.05. The van der Waals surface area contributed by atoms with Gasteiger partial charge < -0.3 is 21.0 Å². The molecule has 0 aromatic rings. The number of nitrogens with two attached hydrogens (primary N) is 1. The maximum atomic E-state index is 12.3. The Bertz CT molecular complexity index is 697. The average molecular weight is 348 g/mol. The third-order valence-electron chi connectivity index (χ3n) is 4.37. The lowest BCUT2D eigenvalue weighted by molar-refractivity contribution is -0.301. The first-order chi connectivity index (χ1) is 11.4. The highest BCUT2D eigenvalue weighted by molar-refractivity contribution is 8.00. The maximum Gasteiger partial charge on any atom is 0.253 e. The maximum absolute atomic E-state index is 12.3. The van der Waals surface area contributed by atoms with E-state index in [-0.39, 0.29) is 5.70 Å². The second-order valence-corrected chi connectivity index (χ2v) is 7.09. The molecule has 0 spiro atoms. The number of hydrogen-bond acceptors (Lipinski definition) is 6. The van der Waals surface area contributed by atoms with Crippen LogP contribution in [0.5, 0.6) is 0 Å². The number of carbonyl (C=O) groups excluding carboxylic acids is 3. The Kier molecular flexibility index (Phi) is 4.51. The number of amides is 2. The summed E-state index contributed by atoms with van der Waals surface area (Å²) in [6.45, 7) is 1.66. The predicted octanol–water partition coefficient (Wildman–Crippen LogP) is -0.986. The molecule has 2 heterocycles. The Morgan fingerprint density at radius 1 is 1.46 bits per heavy atom. The molecule has 128 valence electrons. The monoisotopic (exact) mass is 348 g/mol. The summed E-state index contributed by atoms with van der Waals surface area (Å²) >= 11 is 1.42. The number of thioether (sulfide) groups is 1. The second kappa shape index (κ2) is 6.45. The van der Waals surface area contributed by atoms with Crippen molar-refractivity contribution in [1.29, 1.82) is 0 Å². The number of carbonyl (C=O) groups is 3. The second-order valence-electron chi connectivity index (χ2n) is 5.98.